The zero-order valence-electron chi connectivity index (χ0n) is 16.6. The van der Waals surface area contributed by atoms with Gasteiger partial charge >= 0.3 is 5.97 Å². The molecule has 8 nitrogen and oxygen atoms in total. The number of thiocarbonyl (C=S) groups is 1. The van der Waals surface area contributed by atoms with Crippen molar-refractivity contribution in [1.29, 1.82) is 0 Å². The summed E-state index contributed by atoms with van der Waals surface area (Å²) in [6.45, 7) is 4.82. The number of carboxylic acid groups (broad SMARTS) is 1. The van der Waals surface area contributed by atoms with Crippen LogP contribution in [0, 0.1) is 11.8 Å². The third-order valence-corrected chi connectivity index (χ3v) is 6.47. The van der Waals surface area contributed by atoms with Crippen molar-refractivity contribution in [2.24, 2.45) is 16.9 Å². The summed E-state index contributed by atoms with van der Waals surface area (Å²) in [5.74, 6) is -1.74. The van der Waals surface area contributed by atoms with E-state index in [1.54, 1.807) is 25.1 Å². The number of carbonyl (C=O) groups is 2. The Hall–Kier alpha value is -1.94. The van der Waals surface area contributed by atoms with Crippen molar-refractivity contribution in [3.63, 3.8) is 0 Å². The van der Waals surface area contributed by atoms with Gasteiger partial charge in [-0.05, 0) is 57.1 Å². The Morgan fingerprint density at radius 3 is 2.57 bits per heavy atom. The Bertz CT molecular complexity index is 889. The maximum atomic E-state index is 13.0. The van der Waals surface area contributed by atoms with E-state index in [2.05, 4.69) is 16.0 Å². The van der Waals surface area contributed by atoms with Crippen LogP contribution < -0.4 is 15.9 Å². The number of carbonyl (C=O) groups excluding carboxylic acids is 1. The maximum Gasteiger partial charge on any atom is 0.306 e. The monoisotopic (exact) mass is 471 g/mol. The molecule has 30 heavy (non-hydrogen) atoms. The van der Waals surface area contributed by atoms with Crippen molar-refractivity contribution in [1.82, 2.24) is 15.8 Å². The number of nitrogens with zero attached hydrogens (tertiary/aromatic N) is 3. The lowest BCUT2D eigenvalue weighted by atomic mass is 9.97. The number of anilines is 1. The van der Waals surface area contributed by atoms with E-state index in [0.717, 1.165) is 0 Å². The minimum atomic E-state index is -0.763. The summed E-state index contributed by atoms with van der Waals surface area (Å²) in [7, 11) is 0. The quantitative estimate of drug-likeness (QED) is 0.448. The minimum Gasteiger partial charge on any atom is -0.481 e. The summed E-state index contributed by atoms with van der Waals surface area (Å²) in [4.78, 5) is 26.0. The Labute approximate surface area is 190 Å². The van der Waals surface area contributed by atoms with Gasteiger partial charge in [0.25, 0.3) is 5.91 Å². The van der Waals surface area contributed by atoms with Gasteiger partial charge in [0.2, 0.25) is 0 Å². The minimum absolute atomic E-state index is 0.180. The number of halogens is 2. The Balaban J connectivity index is 1.56. The van der Waals surface area contributed by atoms with E-state index < -0.39 is 11.9 Å². The van der Waals surface area contributed by atoms with Gasteiger partial charge < -0.3 is 10.0 Å². The lowest BCUT2D eigenvalue weighted by Crippen LogP contribution is -2.54. The number of nitrogens with one attached hydrogen (secondary N) is 2. The average Bonchev–Trinajstić information content (AvgIpc) is 3.02. The highest BCUT2D eigenvalue weighted by Crippen LogP contribution is 2.31. The van der Waals surface area contributed by atoms with Crippen LogP contribution in [-0.4, -0.2) is 51.8 Å². The van der Waals surface area contributed by atoms with Crippen LogP contribution in [-0.2, 0) is 9.59 Å². The number of hydrazone groups is 1. The Kier molecular flexibility index (Phi) is 7.18. The van der Waals surface area contributed by atoms with E-state index >= 15 is 0 Å². The van der Waals surface area contributed by atoms with E-state index in [4.69, 9.17) is 40.5 Å². The van der Waals surface area contributed by atoms with Gasteiger partial charge in [-0.25, -0.2) is 10.4 Å². The van der Waals surface area contributed by atoms with Gasteiger partial charge in [-0.1, -0.05) is 23.2 Å². The SMILES string of the molecule is CC1=NN(c2ccc(Cl)c(Cl)c2)C(=O)C1[C@@H](C)NNC(=S)N1CCC(C(=O)O)CC1. The molecule has 2 aliphatic heterocycles. The summed E-state index contributed by atoms with van der Waals surface area (Å²) < 4.78 is 0. The lowest BCUT2D eigenvalue weighted by Gasteiger charge is -2.33. The molecule has 3 rings (SSSR count). The molecule has 1 saturated heterocycles. The van der Waals surface area contributed by atoms with Crippen molar-refractivity contribution in [3.05, 3.63) is 28.2 Å². The van der Waals surface area contributed by atoms with Crippen LogP contribution in [0.1, 0.15) is 26.7 Å². The second-order valence-corrected chi connectivity index (χ2v) is 8.63. The van der Waals surface area contributed by atoms with E-state index in [-0.39, 0.29) is 17.9 Å². The number of amides is 1. The molecular weight excluding hydrogens is 449 g/mol. The van der Waals surface area contributed by atoms with Crippen LogP contribution in [0.25, 0.3) is 0 Å². The molecule has 2 atom stereocenters. The van der Waals surface area contributed by atoms with Gasteiger partial charge in [0.05, 0.1) is 33.3 Å². The largest absolute Gasteiger partial charge is 0.481 e. The van der Waals surface area contributed by atoms with Crippen molar-refractivity contribution in [2.75, 3.05) is 18.1 Å². The number of benzene rings is 1. The molecule has 11 heteroatoms. The third kappa shape index (κ3) is 4.85. The van der Waals surface area contributed by atoms with Crippen molar-refractivity contribution < 1.29 is 14.7 Å². The highest BCUT2D eigenvalue weighted by atomic mass is 35.5. The predicted molar refractivity (Wildman–Crippen MR) is 121 cm³/mol. The molecule has 1 aromatic carbocycles. The van der Waals surface area contributed by atoms with Crippen LogP contribution in [0.3, 0.4) is 0 Å². The van der Waals surface area contributed by atoms with E-state index in [1.165, 1.54) is 5.01 Å². The molecule has 0 aliphatic carbocycles. The Morgan fingerprint density at radius 2 is 1.97 bits per heavy atom. The zero-order chi connectivity index (χ0) is 22.0. The van der Waals surface area contributed by atoms with Gasteiger partial charge in [0, 0.05) is 19.1 Å². The molecule has 1 unspecified atom stereocenters. The van der Waals surface area contributed by atoms with Crippen LogP contribution in [0.5, 0.6) is 0 Å². The second kappa shape index (κ2) is 9.47. The first-order valence-electron chi connectivity index (χ1n) is 9.56. The molecule has 1 amide bonds. The first-order valence-corrected chi connectivity index (χ1v) is 10.7. The van der Waals surface area contributed by atoms with Gasteiger partial charge in [-0.3, -0.25) is 15.0 Å². The Morgan fingerprint density at radius 1 is 1.30 bits per heavy atom. The highest BCUT2D eigenvalue weighted by molar-refractivity contribution is 7.80. The van der Waals surface area contributed by atoms with Crippen LogP contribution in [0.15, 0.2) is 23.3 Å². The number of hydrazine groups is 1. The van der Waals surface area contributed by atoms with E-state index in [1.807, 2.05) is 11.8 Å². The van der Waals surface area contributed by atoms with E-state index in [9.17, 15) is 9.59 Å². The van der Waals surface area contributed by atoms with Crippen LogP contribution >= 0.6 is 35.4 Å². The van der Waals surface area contributed by atoms with Gasteiger partial charge in [0.15, 0.2) is 5.11 Å². The second-order valence-electron chi connectivity index (χ2n) is 7.43. The summed E-state index contributed by atoms with van der Waals surface area (Å²) >= 11 is 17.4. The number of hydrogen-bond donors (Lipinski definition) is 3. The normalized spacial score (nSPS) is 20.9. The summed E-state index contributed by atoms with van der Waals surface area (Å²) in [5, 5.41) is 16.1. The van der Waals surface area contributed by atoms with Crippen molar-refractivity contribution in [3.8, 4) is 0 Å². The first-order chi connectivity index (χ1) is 14.2. The smallest absolute Gasteiger partial charge is 0.306 e. The fourth-order valence-electron chi connectivity index (χ4n) is 3.62. The lowest BCUT2D eigenvalue weighted by molar-refractivity contribution is -0.143. The van der Waals surface area contributed by atoms with Crippen molar-refractivity contribution in [2.45, 2.75) is 32.7 Å². The molecule has 2 heterocycles. The number of piperidine rings is 1. The zero-order valence-corrected chi connectivity index (χ0v) is 18.9. The van der Waals surface area contributed by atoms with Crippen molar-refractivity contribution >= 4 is 63.8 Å². The fraction of sp³-hybridized carbons (Fsp3) is 0.474. The predicted octanol–water partition coefficient (Wildman–Crippen LogP) is 2.90. The standard InChI is InChI=1S/C19H23Cl2N5O3S/c1-10(22-23-19(30)25-7-5-12(6-8-25)18(28)29)16-11(2)24-26(17(16)27)13-3-4-14(20)15(21)9-13/h3-4,9-10,12,16,22H,5-8H2,1-2H3,(H,23,30)(H,28,29)/t10-,16?/m1/s1. The molecule has 1 aromatic rings. The number of likely N-dealkylation sites (tertiary alicyclic amines) is 1. The molecular formula is C19H23Cl2N5O3S. The van der Waals surface area contributed by atoms with Gasteiger partial charge in [0.1, 0.15) is 0 Å². The molecule has 3 N–H and O–H groups in total. The molecule has 1 fully saturated rings. The molecule has 0 aromatic heterocycles. The number of carboxylic acids is 1. The topological polar surface area (TPSA) is 97.3 Å². The summed E-state index contributed by atoms with van der Waals surface area (Å²) in [6.07, 6.45) is 1.11. The van der Waals surface area contributed by atoms with Gasteiger partial charge in [-0.2, -0.15) is 5.10 Å². The van der Waals surface area contributed by atoms with E-state index in [0.29, 0.717) is 52.5 Å². The molecule has 0 bridgehead atoms. The molecule has 0 saturated carbocycles. The number of hydrogen-bond acceptors (Lipinski definition) is 5. The number of rotatable bonds is 5. The van der Waals surface area contributed by atoms with Crippen LogP contribution in [0.4, 0.5) is 5.69 Å². The summed E-state index contributed by atoms with van der Waals surface area (Å²) in [6, 6.07) is 4.63. The molecule has 0 spiro atoms. The average molecular weight is 472 g/mol. The first kappa shape index (κ1) is 22.7. The number of aliphatic carboxylic acids is 1. The van der Waals surface area contributed by atoms with Gasteiger partial charge in [-0.15, -0.1) is 0 Å². The summed E-state index contributed by atoms with van der Waals surface area (Å²) in [5.41, 5.74) is 7.28. The highest BCUT2D eigenvalue weighted by Gasteiger charge is 2.38. The fourth-order valence-corrected chi connectivity index (χ4v) is 4.16. The molecule has 2 aliphatic rings. The molecule has 0 radical (unpaired) electrons. The third-order valence-electron chi connectivity index (χ3n) is 5.37. The maximum absolute atomic E-state index is 13.0. The van der Waals surface area contributed by atoms with Crippen LogP contribution in [0.2, 0.25) is 10.0 Å². The molecule has 162 valence electrons.